The Morgan fingerprint density at radius 2 is 1.83 bits per heavy atom. The van der Waals surface area contributed by atoms with Gasteiger partial charge in [-0.2, -0.15) is 0 Å². The van der Waals surface area contributed by atoms with Gasteiger partial charge in [0, 0.05) is 6.04 Å². The molecule has 18 heavy (non-hydrogen) atoms. The van der Waals surface area contributed by atoms with Gasteiger partial charge in [-0.3, -0.25) is 0 Å². The summed E-state index contributed by atoms with van der Waals surface area (Å²) in [4.78, 5) is 0. The van der Waals surface area contributed by atoms with E-state index in [9.17, 15) is 0 Å². The molecule has 0 amide bonds. The Bertz CT molecular complexity index is 341. The van der Waals surface area contributed by atoms with E-state index in [0.29, 0.717) is 0 Å². The second kappa shape index (κ2) is 6.94. The Morgan fingerprint density at radius 1 is 1.11 bits per heavy atom. The molecule has 1 fully saturated rings. The van der Waals surface area contributed by atoms with E-state index in [1.807, 2.05) is 0 Å². The van der Waals surface area contributed by atoms with E-state index in [0.717, 1.165) is 18.4 Å². The van der Waals surface area contributed by atoms with E-state index in [1.54, 1.807) is 0 Å². The molecule has 0 aromatic heterocycles. The maximum atomic E-state index is 3.68. The molecule has 1 nitrogen and oxygen atoms in total. The van der Waals surface area contributed by atoms with Crippen LogP contribution in [0.15, 0.2) is 24.3 Å². The van der Waals surface area contributed by atoms with Gasteiger partial charge in [0.15, 0.2) is 0 Å². The van der Waals surface area contributed by atoms with Crippen LogP contribution in [0.5, 0.6) is 0 Å². The van der Waals surface area contributed by atoms with Crippen LogP contribution in [0.4, 0.5) is 0 Å². The Labute approximate surface area is 112 Å². The van der Waals surface area contributed by atoms with Crippen molar-refractivity contribution in [2.45, 2.75) is 58.4 Å². The zero-order chi connectivity index (χ0) is 12.8. The number of piperidine rings is 1. The van der Waals surface area contributed by atoms with Gasteiger partial charge in [0.05, 0.1) is 0 Å². The Balaban J connectivity index is 1.79. The molecule has 0 aliphatic carbocycles. The standard InChI is InChI=1S/C17H27N/c1-3-14-5-7-16(8-6-14)9-10-17-13-15(4-2)11-12-18-17/h5-8,15,17-18H,3-4,9-13H2,1-2H3. The molecule has 100 valence electrons. The second-order valence-corrected chi connectivity index (χ2v) is 5.66. The highest BCUT2D eigenvalue weighted by Crippen LogP contribution is 2.22. The molecule has 1 heterocycles. The van der Waals surface area contributed by atoms with Crippen molar-refractivity contribution in [3.63, 3.8) is 0 Å². The molecule has 2 atom stereocenters. The van der Waals surface area contributed by atoms with E-state index in [4.69, 9.17) is 0 Å². The van der Waals surface area contributed by atoms with Crippen molar-refractivity contribution in [1.29, 1.82) is 0 Å². The van der Waals surface area contributed by atoms with Gasteiger partial charge in [0.25, 0.3) is 0 Å². The summed E-state index contributed by atoms with van der Waals surface area (Å²) in [5.74, 6) is 0.957. The molecular weight excluding hydrogens is 218 g/mol. The molecule has 1 N–H and O–H groups in total. The zero-order valence-corrected chi connectivity index (χ0v) is 11.9. The first-order valence-electron chi connectivity index (χ1n) is 7.63. The van der Waals surface area contributed by atoms with E-state index in [-0.39, 0.29) is 0 Å². The van der Waals surface area contributed by atoms with Gasteiger partial charge < -0.3 is 5.32 Å². The predicted molar refractivity (Wildman–Crippen MR) is 78.9 cm³/mol. The summed E-state index contributed by atoms with van der Waals surface area (Å²) in [5, 5.41) is 3.68. The number of benzene rings is 1. The Morgan fingerprint density at radius 3 is 2.50 bits per heavy atom. The van der Waals surface area contributed by atoms with Crippen molar-refractivity contribution in [3.05, 3.63) is 35.4 Å². The van der Waals surface area contributed by atoms with Crippen molar-refractivity contribution in [2.75, 3.05) is 6.54 Å². The van der Waals surface area contributed by atoms with Crippen molar-refractivity contribution >= 4 is 0 Å². The minimum atomic E-state index is 0.745. The molecule has 1 heteroatoms. The van der Waals surface area contributed by atoms with Crippen LogP contribution in [0.2, 0.25) is 0 Å². The maximum Gasteiger partial charge on any atom is 0.00728 e. The largest absolute Gasteiger partial charge is 0.314 e. The maximum absolute atomic E-state index is 3.68. The van der Waals surface area contributed by atoms with Crippen LogP contribution in [0.25, 0.3) is 0 Å². The topological polar surface area (TPSA) is 12.0 Å². The van der Waals surface area contributed by atoms with Crippen LogP contribution < -0.4 is 5.32 Å². The van der Waals surface area contributed by atoms with E-state index < -0.39 is 0 Å². The lowest BCUT2D eigenvalue weighted by Crippen LogP contribution is -2.38. The summed E-state index contributed by atoms with van der Waals surface area (Å²) in [5.41, 5.74) is 2.94. The molecule has 1 saturated heterocycles. The summed E-state index contributed by atoms with van der Waals surface area (Å²) >= 11 is 0. The summed E-state index contributed by atoms with van der Waals surface area (Å²) in [6.45, 7) is 5.76. The lowest BCUT2D eigenvalue weighted by atomic mass is 9.88. The monoisotopic (exact) mass is 245 g/mol. The molecule has 2 unspecified atom stereocenters. The van der Waals surface area contributed by atoms with E-state index >= 15 is 0 Å². The van der Waals surface area contributed by atoms with Crippen LogP contribution >= 0.6 is 0 Å². The molecule has 2 rings (SSSR count). The highest BCUT2D eigenvalue weighted by Gasteiger charge is 2.19. The third-order valence-electron chi connectivity index (χ3n) is 4.39. The molecule has 1 aliphatic heterocycles. The highest BCUT2D eigenvalue weighted by atomic mass is 14.9. The van der Waals surface area contributed by atoms with Gasteiger partial charge >= 0.3 is 0 Å². The molecule has 1 aromatic rings. The van der Waals surface area contributed by atoms with Crippen LogP contribution in [0.1, 0.15) is 50.7 Å². The molecule has 1 aliphatic rings. The average Bonchev–Trinajstić information content (AvgIpc) is 2.46. The lowest BCUT2D eigenvalue weighted by molar-refractivity contribution is 0.285. The van der Waals surface area contributed by atoms with Gasteiger partial charge in [0.1, 0.15) is 0 Å². The van der Waals surface area contributed by atoms with E-state index in [2.05, 4.69) is 43.4 Å². The number of hydrogen-bond acceptors (Lipinski definition) is 1. The van der Waals surface area contributed by atoms with Gasteiger partial charge in [-0.25, -0.2) is 0 Å². The van der Waals surface area contributed by atoms with Gasteiger partial charge in [-0.1, -0.05) is 44.5 Å². The van der Waals surface area contributed by atoms with Gasteiger partial charge in [0.2, 0.25) is 0 Å². The lowest BCUT2D eigenvalue weighted by Gasteiger charge is -2.29. The minimum Gasteiger partial charge on any atom is -0.314 e. The fourth-order valence-electron chi connectivity index (χ4n) is 2.97. The molecular formula is C17H27N. The molecule has 0 radical (unpaired) electrons. The fourth-order valence-corrected chi connectivity index (χ4v) is 2.97. The van der Waals surface area contributed by atoms with Crippen molar-refractivity contribution in [3.8, 4) is 0 Å². The molecule has 0 saturated carbocycles. The number of nitrogens with one attached hydrogen (secondary N) is 1. The number of aryl methyl sites for hydroxylation is 2. The van der Waals surface area contributed by atoms with Crippen LogP contribution in [-0.2, 0) is 12.8 Å². The number of hydrogen-bond donors (Lipinski definition) is 1. The first kappa shape index (κ1) is 13.6. The average molecular weight is 245 g/mol. The molecule has 1 aromatic carbocycles. The third-order valence-corrected chi connectivity index (χ3v) is 4.39. The van der Waals surface area contributed by atoms with E-state index in [1.165, 1.54) is 49.8 Å². The third kappa shape index (κ3) is 3.84. The first-order chi connectivity index (χ1) is 8.81. The predicted octanol–water partition coefficient (Wildman–Crippen LogP) is 3.96. The Kier molecular flexibility index (Phi) is 5.25. The quantitative estimate of drug-likeness (QED) is 0.828. The highest BCUT2D eigenvalue weighted by molar-refractivity contribution is 5.22. The molecule has 0 spiro atoms. The zero-order valence-electron chi connectivity index (χ0n) is 11.9. The second-order valence-electron chi connectivity index (χ2n) is 5.66. The van der Waals surface area contributed by atoms with Crippen LogP contribution in [0.3, 0.4) is 0 Å². The first-order valence-corrected chi connectivity index (χ1v) is 7.63. The minimum absolute atomic E-state index is 0.745. The normalized spacial score (nSPS) is 24.1. The van der Waals surface area contributed by atoms with Crippen molar-refractivity contribution < 1.29 is 0 Å². The smallest absolute Gasteiger partial charge is 0.00728 e. The fraction of sp³-hybridized carbons (Fsp3) is 0.647. The van der Waals surface area contributed by atoms with Crippen molar-refractivity contribution in [2.24, 2.45) is 5.92 Å². The SMILES string of the molecule is CCc1ccc(CCC2CC(CC)CCN2)cc1. The van der Waals surface area contributed by atoms with Gasteiger partial charge in [-0.15, -0.1) is 0 Å². The Hall–Kier alpha value is -0.820. The summed E-state index contributed by atoms with van der Waals surface area (Å²) in [6, 6.07) is 9.91. The van der Waals surface area contributed by atoms with Crippen LogP contribution in [0, 0.1) is 5.92 Å². The summed E-state index contributed by atoms with van der Waals surface area (Å²) in [7, 11) is 0. The summed E-state index contributed by atoms with van der Waals surface area (Å²) in [6.07, 6.45) is 7.76. The summed E-state index contributed by atoms with van der Waals surface area (Å²) < 4.78 is 0. The van der Waals surface area contributed by atoms with Gasteiger partial charge in [-0.05, 0) is 55.7 Å². The number of rotatable bonds is 5. The van der Waals surface area contributed by atoms with Crippen molar-refractivity contribution in [1.82, 2.24) is 5.32 Å². The van der Waals surface area contributed by atoms with Crippen LogP contribution in [-0.4, -0.2) is 12.6 Å². The molecule has 0 bridgehead atoms.